The summed E-state index contributed by atoms with van der Waals surface area (Å²) < 4.78 is 16.0. The van der Waals surface area contributed by atoms with Crippen molar-refractivity contribution in [3.8, 4) is 11.3 Å². The summed E-state index contributed by atoms with van der Waals surface area (Å²) in [5, 5.41) is 16.9. The standard InChI is InChI=1S/C27H21N3O5/c1-26-23-21-18(16-9-5-6-10-29(16)23)14-12-28-24(31)20(14)19-13-7-3-4-8-15(13)30(22(19)21)17(35-26)11-27(26,33)25(32)34-2/h3-10,17,23,33H,11-12H2,1-2H3/p+1/t17-,23?,26-,27+/m0/s1. The second-order valence-electron chi connectivity index (χ2n) is 10.1. The van der Waals surface area contributed by atoms with E-state index in [1.54, 1.807) is 0 Å². The SMILES string of the molecule is COC(=O)[C@]1(O)C[C@@H]2O[C@@]1(C)C1c3c(c4c(c5c6ccccc6n2c35)C(=O)NC4)-c2cccc[n+]21. The van der Waals surface area contributed by atoms with Crippen molar-refractivity contribution in [1.29, 1.82) is 0 Å². The van der Waals surface area contributed by atoms with Gasteiger partial charge >= 0.3 is 5.97 Å². The summed E-state index contributed by atoms with van der Waals surface area (Å²) in [7, 11) is 1.29. The quantitative estimate of drug-likeness (QED) is 0.331. The Morgan fingerprint density at radius 3 is 2.86 bits per heavy atom. The number of hydrogen-bond acceptors (Lipinski definition) is 5. The number of benzene rings is 2. The summed E-state index contributed by atoms with van der Waals surface area (Å²) in [6.45, 7) is 2.24. The number of hydrogen-bond donors (Lipinski definition) is 2. The van der Waals surface area contributed by atoms with Crippen LogP contribution in [-0.2, 0) is 20.8 Å². The van der Waals surface area contributed by atoms with E-state index in [0.717, 1.165) is 44.2 Å². The molecule has 8 rings (SSSR count). The van der Waals surface area contributed by atoms with Gasteiger partial charge in [-0.05, 0) is 24.6 Å². The predicted octanol–water partition coefficient (Wildman–Crippen LogP) is 2.49. The number of esters is 1. The molecule has 0 saturated carbocycles. The van der Waals surface area contributed by atoms with Crippen molar-refractivity contribution in [3.63, 3.8) is 0 Å². The lowest BCUT2D eigenvalue weighted by molar-refractivity contribution is -0.714. The maximum Gasteiger partial charge on any atom is 0.341 e. The van der Waals surface area contributed by atoms with E-state index in [9.17, 15) is 14.7 Å². The number of nitrogens with one attached hydrogen (secondary N) is 1. The first-order chi connectivity index (χ1) is 16.9. The van der Waals surface area contributed by atoms with Crippen molar-refractivity contribution in [2.45, 2.75) is 43.4 Å². The minimum absolute atomic E-state index is 0.0429. The van der Waals surface area contributed by atoms with E-state index in [1.807, 2.05) is 55.6 Å². The number of pyridine rings is 1. The molecule has 4 aromatic rings. The summed E-state index contributed by atoms with van der Waals surface area (Å²) in [6, 6.07) is 13.4. The number of fused-ring (bicyclic) bond motifs is 13. The van der Waals surface area contributed by atoms with Crippen LogP contribution in [0.3, 0.4) is 0 Å². The molecule has 1 fully saturated rings. The number of methoxy groups -OCH3 is 1. The summed E-state index contributed by atoms with van der Waals surface area (Å²) in [5.74, 6) is -0.785. The smallest absolute Gasteiger partial charge is 0.341 e. The number of ether oxygens (including phenoxy) is 2. The zero-order valence-corrected chi connectivity index (χ0v) is 19.2. The van der Waals surface area contributed by atoms with Crippen molar-refractivity contribution in [2.24, 2.45) is 0 Å². The highest BCUT2D eigenvalue weighted by Gasteiger charge is 2.72. The Bertz CT molecular complexity index is 1690. The summed E-state index contributed by atoms with van der Waals surface area (Å²) in [5.41, 5.74) is 3.19. The first kappa shape index (κ1) is 19.5. The summed E-state index contributed by atoms with van der Waals surface area (Å²) >= 11 is 0. The molecule has 4 aliphatic rings. The largest absolute Gasteiger partial charge is 0.467 e. The van der Waals surface area contributed by atoms with Crippen LogP contribution >= 0.6 is 0 Å². The number of carbonyl (C=O) groups is 2. The average molecular weight is 468 g/mol. The fraction of sp³-hybridized carbons (Fsp3) is 0.296. The molecule has 4 aliphatic heterocycles. The van der Waals surface area contributed by atoms with E-state index >= 15 is 0 Å². The van der Waals surface area contributed by atoms with E-state index < -0.39 is 29.4 Å². The molecule has 8 nitrogen and oxygen atoms in total. The Morgan fingerprint density at radius 1 is 1.23 bits per heavy atom. The minimum atomic E-state index is -1.87. The highest BCUT2D eigenvalue weighted by molar-refractivity contribution is 6.22. The predicted molar refractivity (Wildman–Crippen MR) is 124 cm³/mol. The highest BCUT2D eigenvalue weighted by atomic mass is 16.6. The third kappa shape index (κ3) is 1.92. The Labute approximate surface area is 199 Å². The molecular weight excluding hydrogens is 446 g/mol. The Morgan fingerprint density at radius 2 is 2.03 bits per heavy atom. The first-order valence-corrected chi connectivity index (χ1v) is 11.8. The molecule has 8 heteroatoms. The fourth-order valence-electron chi connectivity index (χ4n) is 7.22. The van der Waals surface area contributed by atoms with Gasteiger partial charge in [0.15, 0.2) is 11.8 Å². The molecule has 1 unspecified atom stereocenters. The topological polar surface area (TPSA) is 93.7 Å². The maximum absolute atomic E-state index is 13.2. The van der Waals surface area contributed by atoms with E-state index in [0.29, 0.717) is 12.1 Å². The molecule has 35 heavy (non-hydrogen) atoms. The van der Waals surface area contributed by atoms with Crippen LogP contribution in [0.1, 0.15) is 47.1 Å². The van der Waals surface area contributed by atoms with Gasteiger partial charge in [-0.2, -0.15) is 4.57 Å². The molecule has 4 atom stereocenters. The van der Waals surface area contributed by atoms with Gasteiger partial charge in [-0.3, -0.25) is 4.79 Å². The lowest BCUT2D eigenvalue weighted by Crippen LogP contribution is -2.64. The molecule has 1 amide bonds. The molecule has 0 aliphatic carbocycles. The molecule has 2 aromatic heterocycles. The second kappa shape index (κ2) is 5.90. The molecule has 6 heterocycles. The lowest BCUT2D eigenvalue weighted by Gasteiger charge is -2.36. The molecular formula is C27H22N3O5+. The van der Waals surface area contributed by atoms with E-state index in [1.165, 1.54) is 7.11 Å². The molecule has 0 radical (unpaired) electrons. The van der Waals surface area contributed by atoms with Gasteiger partial charge in [0.05, 0.1) is 34.8 Å². The average Bonchev–Trinajstić information content (AvgIpc) is 3.55. The lowest BCUT2D eigenvalue weighted by atomic mass is 9.74. The normalized spacial score (nSPS) is 29.3. The van der Waals surface area contributed by atoms with E-state index in [4.69, 9.17) is 9.47 Å². The molecule has 2 bridgehead atoms. The van der Waals surface area contributed by atoms with Crippen molar-refractivity contribution in [1.82, 2.24) is 9.88 Å². The number of amides is 1. The molecule has 1 saturated heterocycles. The van der Waals surface area contributed by atoms with Crippen LogP contribution in [0.15, 0.2) is 48.7 Å². The van der Waals surface area contributed by atoms with Crippen LogP contribution in [-0.4, -0.2) is 39.9 Å². The van der Waals surface area contributed by atoms with Crippen LogP contribution in [0.5, 0.6) is 0 Å². The zero-order valence-electron chi connectivity index (χ0n) is 19.2. The minimum Gasteiger partial charge on any atom is -0.467 e. The Kier molecular flexibility index (Phi) is 3.29. The number of carbonyl (C=O) groups excluding carboxylic acids is 2. The van der Waals surface area contributed by atoms with Crippen molar-refractivity contribution in [3.05, 3.63) is 65.4 Å². The molecule has 0 spiro atoms. The number of aliphatic hydroxyl groups is 1. The monoisotopic (exact) mass is 468 g/mol. The number of nitrogens with zero attached hydrogens (tertiary/aromatic N) is 2. The fourth-order valence-corrected chi connectivity index (χ4v) is 7.22. The number of para-hydroxylation sites is 1. The van der Waals surface area contributed by atoms with Gasteiger partial charge in [-0.1, -0.05) is 18.2 Å². The third-order valence-corrected chi connectivity index (χ3v) is 8.64. The van der Waals surface area contributed by atoms with Gasteiger partial charge in [-0.15, -0.1) is 0 Å². The zero-order chi connectivity index (χ0) is 23.9. The summed E-state index contributed by atoms with van der Waals surface area (Å²) in [4.78, 5) is 26.4. The van der Waals surface area contributed by atoms with Crippen LogP contribution in [0.25, 0.3) is 33.1 Å². The van der Waals surface area contributed by atoms with Gasteiger partial charge in [0.2, 0.25) is 17.3 Å². The van der Waals surface area contributed by atoms with Crippen LogP contribution in [0, 0.1) is 0 Å². The van der Waals surface area contributed by atoms with Crippen LogP contribution in [0.4, 0.5) is 0 Å². The van der Waals surface area contributed by atoms with E-state index in [2.05, 4.69) is 14.5 Å². The third-order valence-electron chi connectivity index (χ3n) is 8.64. The van der Waals surface area contributed by atoms with Gasteiger partial charge in [0.25, 0.3) is 5.91 Å². The van der Waals surface area contributed by atoms with Gasteiger partial charge < -0.3 is 24.5 Å². The van der Waals surface area contributed by atoms with Crippen molar-refractivity contribution < 1.29 is 28.7 Å². The molecule has 2 aromatic carbocycles. The van der Waals surface area contributed by atoms with E-state index in [-0.39, 0.29) is 12.3 Å². The second-order valence-corrected chi connectivity index (χ2v) is 10.1. The molecule has 2 N–H and O–H groups in total. The van der Waals surface area contributed by atoms with Gasteiger partial charge in [-0.25, -0.2) is 4.79 Å². The Hall–Kier alpha value is -3.75. The van der Waals surface area contributed by atoms with Crippen LogP contribution in [0.2, 0.25) is 0 Å². The maximum atomic E-state index is 13.2. The van der Waals surface area contributed by atoms with Crippen molar-refractivity contribution in [2.75, 3.05) is 7.11 Å². The van der Waals surface area contributed by atoms with Crippen molar-refractivity contribution >= 4 is 33.7 Å². The number of aromatic nitrogens is 2. The van der Waals surface area contributed by atoms with Crippen LogP contribution < -0.4 is 9.88 Å². The Balaban J connectivity index is 1.64. The number of rotatable bonds is 1. The summed E-state index contributed by atoms with van der Waals surface area (Å²) in [6.07, 6.45) is 1.39. The van der Waals surface area contributed by atoms with Gasteiger partial charge in [0, 0.05) is 35.9 Å². The molecule has 174 valence electrons. The van der Waals surface area contributed by atoms with Gasteiger partial charge in [0.1, 0.15) is 6.23 Å². The highest BCUT2D eigenvalue weighted by Crippen LogP contribution is 2.60. The first-order valence-electron chi connectivity index (χ1n) is 11.8.